The number of pyridine rings is 1. The standard InChI is InChI=1S/C17H21BrN2/c1-11(2)14-6-7-16(15(18)10-14)20(5)17-13(4)12(3)8-9-19-17/h6-11H,1-5H3. The van der Waals surface area contributed by atoms with Crippen molar-refractivity contribution in [3.63, 3.8) is 0 Å². The van der Waals surface area contributed by atoms with E-state index in [0.29, 0.717) is 5.92 Å². The van der Waals surface area contributed by atoms with E-state index in [1.807, 2.05) is 12.3 Å². The van der Waals surface area contributed by atoms with Crippen molar-refractivity contribution >= 4 is 27.4 Å². The Hall–Kier alpha value is -1.35. The lowest BCUT2D eigenvalue weighted by molar-refractivity contribution is 0.865. The fourth-order valence-electron chi connectivity index (χ4n) is 2.22. The summed E-state index contributed by atoms with van der Waals surface area (Å²) in [6.07, 6.45) is 1.87. The van der Waals surface area contributed by atoms with Crippen molar-refractivity contribution in [2.75, 3.05) is 11.9 Å². The Morgan fingerprint density at radius 2 is 1.85 bits per heavy atom. The highest BCUT2D eigenvalue weighted by Crippen LogP contribution is 2.34. The molecule has 1 aromatic carbocycles. The molecule has 0 atom stereocenters. The van der Waals surface area contributed by atoms with Gasteiger partial charge in [0.15, 0.2) is 0 Å². The van der Waals surface area contributed by atoms with Crippen molar-refractivity contribution in [3.8, 4) is 0 Å². The molecule has 0 radical (unpaired) electrons. The summed E-state index contributed by atoms with van der Waals surface area (Å²) >= 11 is 3.69. The highest BCUT2D eigenvalue weighted by atomic mass is 79.9. The van der Waals surface area contributed by atoms with Crippen molar-refractivity contribution in [2.45, 2.75) is 33.6 Å². The third-order valence-electron chi connectivity index (χ3n) is 3.77. The third-order valence-corrected chi connectivity index (χ3v) is 4.40. The second-order valence-corrected chi connectivity index (χ2v) is 6.36. The minimum Gasteiger partial charge on any atom is -0.328 e. The molecule has 20 heavy (non-hydrogen) atoms. The van der Waals surface area contributed by atoms with Crippen molar-refractivity contribution in [1.29, 1.82) is 0 Å². The molecule has 0 N–H and O–H groups in total. The largest absolute Gasteiger partial charge is 0.328 e. The lowest BCUT2D eigenvalue weighted by atomic mass is 10.0. The van der Waals surface area contributed by atoms with Crippen molar-refractivity contribution in [1.82, 2.24) is 4.98 Å². The molecule has 2 aromatic rings. The Kier molecular flexibility index (Phi) is 4.48. The summed E-state index contributed by atoms with van der Waals surface area (Å²) in [5, 5.41) is 0. The molecule has 0 saturated carbocycles. The van der Waals surface area contributed by atoms with Crippen molar-refractivity contribution in [3.05, 3.63) is 51.6 Å². The van der Waals surface area contributed by atoms with E-state index in [1.165, 1.54) is 16.7 Å². The molecule has 1 aromatic heterocycles. The molecule has 0 fully saturated rings. The van der Waals surface area contributed by atoms with E-state index in [-0.39, 0.29) is 0 Å². The van der Waals surface area contributed by atoms with Gasteiger partial charge in [-0.3, -0.25) is 0 Å². The first-order valence-electron chi connectivity index (χ1n) is 6.87. The Morgan fingerprint density at radius 1 is 1.15 bits per heavy atom. The quantitative estimate of drug-likeness (QED) is 0.752. The van der Waals surface area contributed by atoms with Crippen molar-refractivity contribution in [2.24, 2.45) is 0 Å². The average Bonchev–Trinajstić information content (AvgIpc) is 2.41. The highest BCUT2D eigenvalue weighted by molar-refractivity contribution is 9.10. The summed E-state index contributed by atoms with van der Waals surface area (Å²) in [5.41, 5.74) is 4.95. The molecule has 2 rings (SSSR count). The van der Waals surface area contributed by atoms with Crippen LogP contribution in [0.25, 0.3) is 0 Å². The summed E-state index contributed by atoms with van der Waals surface area (Å²) in [7, 11) is 2.06. The number of aryl methyl sites for hydroxylation is 1. The number of halogens is 1. The van der Waals surface area contributed by atoms with Gasteiger partial charge in [-0.15, -0.1) is 0 Å². The zero-order valence-electron chi connectivity index (χ0n) is 12.7. The minimum absolute atomic E-state index is 0.532. The lowest BCUT2D eigenvalue weighted by Crippen LogP contribution is -2.14. The predicted octanol–water partition coefficient (Wildman–Crippen LogP) is 5.35. The van der Waals surface area contributed by atoms with Crippen molar-refractivity contribution < 1.29 is 0 Å². The fourth-order valence-corrected chi connectivity index (χ4v) is 2.89. The molecule has 0 aliphatic carbocycles. The van der Waals surface area contributed by atoms with Gasteiger partial charge in [0.2, 0.25) is 0 Å². The second kappa shape index (κ2) is 5.96. The summed E-state index contributed by atoms with van der Waals surface area (Å²) in [5.74, 6) is 1.53. The Labute approximate surface area is 130 Å². The molecular weight excluding hydrogens is 312 g/mol. The Bertz CT molecular complexity index is 620. The third kappa shape index (κ3) is 2.88. The molecule has 3 heteroatoms. The molecule has 1 heterocycles. The molecule has 106 valence electrons. The maximum absolute atomic E-state index is 4.52. The fraction of sp³-hybridized carbons (Fsp3) is 0.353. The van der Waals surface area contributed by atoms with E-state index in [9.17, 15) is 0 Å². The summed E-state index contributed by atoms with van der Waals surface area (Å²) < 4.78 is 1.11. The van der Waals surface area contributed by atoms with Crippen LogP contribution in [0.1, 0.15) is 36.5 Å². The summed E-state index contributed by atoms with van der Waals surface area (Å²) in [6, 6.07) is 8.58. The van der Waals surface area contributed by atoms with E-state index >= 15 is 0 Å². The van der Waals surface area contributed by atoms with Gasteiger partial charge < -0.3 is 4.90 Å². The number of nitrogens with zero attached hydrogens (tertiary/aromatic N) is 2. The maximum atomic E-state index is 4.52. The van der Waals surface area contributed by atoms with Gasteiger partial charge in [-0.25, -0.2) is 4.98 Å². The molecule has 0 bridgehead atoms. The number of hydrogen-bond donors (Lipinski definition) is 0. The summed E-state index contributed by atoms with van der Waals surface area (Å²) in [4.78, 5) is 6.65. The van der Waals surface area contributed by atoms with Gasteiger partial charge in [0, 0.05) is 17.7 Å². The van der Waals surface area contributed by atoms with E-state index in [4.69, 9.17) is 0 Å². The van der Waals surface area contributed by atoms with Gasteiger partial charge in [-0.2, -0.15) is 0 Å². The highest BCUT2D eigenvalue weighted by Gasteiger charge is 2.13. The maximum Gasteiger partial charge on any atom is 0.135 e. The van der Waals surface area contributed by atoms with Gasteiger partial charge in [-0.1, -0.05) is 19.9 Å². The van der Waals surface area contributed by atoms with Gasteiger partial charge in [0.25, 0.3) is 0 Å². The topological polar surface area (TPSA) is 16.1 Å². The molecule has 0 spiro atoms. The smallest absolute Gasteiger partial charge is 0.135 e. The van der Waals surface area contributed by atoms with Crippen LogP contribution in [0.4, 0.5) is 11.5 Å². The van der Waals surface area contributed by atoms with Crippen LogP contribution in [-0.4, -0.2) is 12.0 Å². The molecule has 0 amide bonds. The molecule has 0 aliphatic heterocycles. The zero-order valence-corrected chi connectivity index (χ0v) is 14.3. The first-order chi connectivity index (χ1) is 9.41. The van der Waals surface area contributed by atoms with E-state index < -0.39 is 0 Å². The molecule has 0 aliphatic rings. The number of rotatable bonds is 3. The lowest BCUT2D eigenvalue weighted by Gasteiger charge is -2.23. The van der Waals surface area contributed by atoms with Crippen LogP contribution >= 0.6 is 15.9 Å². The first kappa shape index (κ1) is 15.0. The summed E-state index contributed by atoms with van der Waals surface area (Å²) in [6.45, 7) is 8.64. The zero-order chi connectivity index (χ0) is 14.9. The number of benzene rings is 1. The molecular formula is C17H21BrN2. The predicted molar refractivity (Wildman–Crippen MR) is 90.0 cm³/mol. The average molecular weight is 333 g/mol. The van der Waals surface area contributed by atoms with Gasteiger partial charge in [0.05, 0.1) is 5.69 Å². The number of aromatic nitrogens is 1. The van der Waals surface area contributed by atoms with Gasteiger partial charge in [-0.05, 0) is 70.6 Å². The molecule has 0 saturated heterocycles. The SMILES string of the molecule is Cc1ccnc(N(C)c2ccc(C(C)C)cc2Br)c1C. The second-order valence-electron chi connectivity index (χ2n) is 5.50. The van der Waals surface area contributed by atoms with Crippen LogP contribution in [0.2, 0.25) is 0 Å². The monoisotopic (exact) mass is 332 g/mol. The Balaban J connectivity index is 2.43. The minimum atomic E-state index is 0.532. The van der Waals surface area contributed by atoms with Gasteiger partial charge >= 0.3 is 0 Å². The van der Waals surface area contributed by atoms with Crippen LogP contribution < -0.4 is 4.90 Å². The first-order valence-corrected chi connectivity index (χ1v) is 7.66. The normalized spacial score (nSPS) is 10.9. The molecule has 0 unspecified atom stereocenters. The van der Waals surface area contributed by atoms with E-state index in [2.05, 4.69) is 78.8 Å². The van der Waals surface area contributed by atoms with Crippen LogP contribution in [-0.2, 0) is 0 Å². The number of anilines is 2. The Morgan fingerprint density at radius 3 is 2.45 bits per heavy atom. The van der Waals surface area contributed by atoms with E-state index in [0.717, 1.165) is 16.0 Å². The van der Waals surface area contributed by atoms with Crippen LogP contribution in [0, 0.1) is 13.8 Å². The van der Waals surface area contributed by atoms with E-state index in [1.54, 1.807) is 0 Å². The molecule has 2 nitrogen and oxygen atoms in total. The van der Waals surface area contributed by atoms with Crippen LogP contribution in [0.15, 0.2) is 34.9 Å². The van der Waals surface area contributed by atoms with Gasteiger partial charge in [0.1, 0.15) is 5.82 Å². The van der Waals surface area contributed by atoms with Crippen LogP contribution in [0.3, 0.4) is 0 Å². The number of hydrogen-bond acceptors (Lipinski definition) is 2. The van der Waals surface area contributed by atoms with Crippen LogP contribution in [0.5, 0.6) is 0 Å².